The maximum Gasteiger partial charge on any atom is 0.417 e. The molecule has 0 saturated heterocycles. The fourth-order valence-corrected chi connectivity index (χ4v) is 1.73. The highest BCUT2D eigenvalue weighted by molar-refractivity contribution is 5.95. The van der Waals surface area contributed by atoms with Crippen molar-refractivity contribution >= 4 is 18.0 Å². The van der Waals surface area contributed by atoms with Gasteiger partial charge in [-0.15, -0.1) is 0 Å². The molecule has 0 aliphatic rings. The van der Waals surface area contributed by atoms with Crippen molar-refractivity contribution in [3.63, 3.8) is 0 Å². The number of imide groups is 1. The van der Waals surface area contributed by atoms with Crippen LogP contribution in [0, 0.1) is 0 Å². The van der Waals surface area contributed by atoms with Gasteiger partial charge >= 0.3 is 12.1 Å². The summed E-state index contributed by atoms with van der Waals surface area (Å²) >= 11 is 0. The van der Waals surface area contributed by atoms with Crippen LogP contribution in [0.3, 0.4) is 0 Å². The number of hydrogen-bond donors (Lipinski definition) is 1. The van der Waals surface area contributed by atoms with Crippen molar-refractivity contribution in [2.45, 2.75) is 32.9 Å². The zero-order chi connectivity index (χ0) is 15.1. The van der Waals surface area contributed by atoms with Crippen LogP contribution < -0.4 is 0 Å². The molecule has 2 amide bonds. The number of aliphatic carboxylic acids is 1. The fourth-order valence-electron chi connectivity index (χ4n) is 1.73. The predicted octanol–water partition coefficient (Wildman–Crippen LogP) is 2.03. The molecule has 1 N–H and O–H groups in total. The molecular formula is C14H17NO5. The fraction of sp³-hybridized carbons (Fsp3) is 0.357. The Labute approximate surface area is 117 Å². The van der Waals surface area contributed by atoms with Crippen LogP contribution in [0.5, 0.6) is 0 Å². The Balaban J connectivity index is 2.75. The molecule has 0 aliphatic carbocycles. The topological polar surface area (TPSA) is 83.9 Å². The van der Waals surface area contributed by atoms with E-state index in [9.17, 15) is 14.4 Å². The highest BCUT2D eigenvalue weighted by atomic mass is 16.6. The number of ether oxygens (including phenoxy) is 1. The lowest BCUT2D eigenvalue weighted by Crippen LogP contribution is -2.47. The van der Waals surface area contributed by atoms with Crippen molar-refractivity contribution < 1.29 is 24.2 Å². The summed E-state index contributed by atoms with van der Waals surface area (Å²) in [5, 5.41) is 9.03. The number of amides is 2. The monoisotopic (exact) mass is 279 g/mol. The van der Waals surface area contributed by atoms with E-state index in [0.717, 1.165) is 12.5 Å². The molecule has 6 nitrogen and oxygen atoms in total. The maximum absolute atomic E-state index is 11.9. The van der Waals surface area contributed by atoms with Crippen molar-refractivity contribution in [3.05, 3.63) is 35.9 Å². The van der Waals surface area contributed by atoms with Gasteiger partial charge in [0.2, 0.25) is 5.91 Å². The second-order valence-electron chi connectivity index (χ2n) is 4.19. The molecular weight excluding hydrogens is 262 g/mol. The zero-order valence-electron chi connectivity index (χ0n) is 11.4. The molecule has 0 unspecified atom stereocenters. The molecule has 1 rings (SSSR count). The lowest BCUT2D eigenvalue weighted by Gasteiger charge is -2.24. The second-order valence-corrected chi connectivity index (χ2v) is 4.19. The van der Waals surface area contributed by atoms with Gasteiger partial charge in [0.1, 0.15) is 12.6 Å². The van der Waals surface area contributed by atoms with Gasteiger partial charge in [-0.3, -0.25) is 4.79 Å². The van der Waals surface area contributed by atoms with Gasteiger partial charge < -0.3 is 9.84 Å². The molecule has 0 aliphatic heterocycles. The normalized spacial score (nSPS) is 11.5. The minimum Gasteiger partial charge on any atom is -0.480 e. The third-order valence-corrected chi connectivity index (χ3v) is 2.72. The number of carbonyl (C=O) groups is 3. The molecule has 0 heterocycles. The highest BCUT2D eigenvalue weighted by Gasteiger charge is 2.32. The first kappa shape index (κ1) is 15.7. The number of benzene rings is 1. The summed E-state index contributed by atoms with van der Waals surface area (Å²) in [6, 6.07) is 7.72. The van der Waals surface area contributed by atoms with Crippen LogP contribution in [0.1, 0.15) is 25.8 Å². The van der Waals surface area contributed by atoms with E-state index in [0.29, 0.717) is 4.90 Å². The Morgan fingerprint density at radius 1 is 1.25 bits per heavy atom. The summed E-state index contributed by atoms with van der Waals surface area (Å²) in [6.45, 7) is 2.70. The van der Waals surface area contributed by atoms with Crippen LogP contribution in [0.2, 0.25) is 0 Å². The van der Waals surface area contributed by atoms with Crippen molar-refractivity contribution in [2.75, 3.05) is 0 Å². The molecule has 0 fully saturated rings. The third kappa shape index (κ3) is 4.08. The smallest absolute Gasteiger partial charge is 0.417 e. The van der Waals surface area contributed by atoms with E-state index >= 15 is 0 Å². The quantitative estimate of drug-likeness (QED) is 0.891. The molecule has 0 spiro atoms. The average molecular weight is 279 g/mol. The predicted molar refractivity (Wildman–Crippen MR) is 70.9 cm³/mol. The molecule has 0 radical (unpaired) electrons. The Morgan fingerprint density at radius 3 is 2.30 bits per heavy atom. The van der Waals surface area contributed by atoms with Gasteiger partial charge in [0.25, 0.3) is 0 Å². The first-order chi connectivity index (χ1) is 9.47. The molecule has 6 heteroatoms. The average Bonchev–Trinajstić information content (AvgIpc) is 2.42. The van der Waals surface area contributed by atoms with E-state index in [1.54, 1.807) is 31.2 Å². The molecule has 20 heavy (non-hydrogen) atoms. The number of carbonyl (C=O) groups excluding carboxylic acids is 2. The van der Waals surface area contributed by atoms with Gasteiger partial charge in [-0.05, 0) is 12.0 Å². The number of carboxylic acids is 1. The van der Waals surface area contributed by atoms with Crippen LogP contribution in [-0.4, -0.2) is 34.0 Å². The molecule has 1 atom stereocenters. The summed E-state index contributed by atoms with van der Waals surface area (Å²) in [6.07, 6.45) is -0.828. The summed E-state index contributed by atoms with van der Waals surface area (Å²) in [5.41, 5.74) is 0.757. The largest absolute Gasteiger partial charge is 0.480 e. The van der Waals surface area contributed by atoms with Crippen LogP contribution in [0.4, 0.5) is 4.79 Å². The second kappa shape index (κ2) is 7.28. The van der Waals surface area contributed by atoms with E-state index in [2.05, 4.69) is 0 Å². The van der Waals surface area contributed by atoms with E-state index in [1.807, 2.05) is 6.07 Å². The first-order valence-electron chi connectivity index (χ1n) is 6.20. The van der Waals surface area contributed by atoms with Crippen molar-refractivity contribution in [1.82, 2.24) is 4.90 Å². The summed E-state index contributed by atoms with van der Waals surface area (Å²) in [7, 11) is 0. The number of nitrogens with zero attached hydrogens (tertiary/aromatic N) is 1. The lowest BCUT2D eigenvalue weighted by atomic mass is 10.2. The summed E-state index contributed by atoms with van der Waals surface area (Å²) < 4.78 is 4.99. The van der Waals surface area contributed by atoms with Gasteiger partial charge in [-0.1, -0.05) is 37.3 Å². The first-order valence-corrected chi connectivity index (χ1v) is 6.20. The van der Waals surface area contributed by atoms with E-state index in [-0.39, 0.29) is 13.0 Å². The lowest BCUT2D eigenvalue weighted by molar-refractivity contribution is -0.148. The Kier molecular flexibility index (Phi) is 5.71. The minimum atomic E-state index is -1.24. The van der Waals surface area contributed by atoms with Gasteiger partial charge in [-0.25, -0.2) is 14.5 Å². The van der Waals surface area contributed by atoms with E-state index in [1.165, 1.54) is 0 Å². The van der Waals surface area contributed by atoms with Crippen LogP contribution >= 0.6 is 0 Å². The molecule has 0 saturated carbocycles. The van der Waals surface area contributed by atoms with Crippen molar-refractivity contribution in [1.29, 1.82) is 0 Å². The number of hydrogen-bond acceptors (Lipinski definition) is 4. The Morgan fingerprint density at radius 2 is 1.85 bits per heavy atom. The van der Waals surface area contributed by atoms with Gasteiger partial charge in [0.05, 0.1) is 0 Å². The van der Waals surface area contributed by atoms with Crippen LogP contribution in [-0.2, 0) is 20.9 Å². The van der Waals surface area contributed by atoms with E-state index in [4.69, 9.17) is 9.84 Å². The Hall–Kier alpha value is -2.37. The van der Waals surface area contributed by atoms with Crippen molar-refractivity contribution in [3.8, 4) is 0 Å². The van der Waals surface area contributed by atoms with Crippen LogP contribution in [0.25, 0.3) is 0 Å². The molecule has 108 valence electrons. The Bertz CT molecular complexity index is 486. The van der Waals surface area contributed by atoms with Gasteiger partial charge in [0.15, 0.2) is 0 Å². The van der Waals surface area contributed by atoms with Crippen molar-refractivity contribution in [2.24, 2.45) is 0 Å². The van der Waals surface area contributed by atoms with Gasteiger partial charge in [-0.2, -0.15) is 0 Å². The summed E-state index contributed by atoms with van der Waals surface area (Å²) in [4.78, 5) is 35.0. The molecule has 0 bridgehead atoms. The molecule has 0 aromatic heterocycles. The van der Waals surface area contributed by atoms with E-state index < -0.39 is 24.0 Å². The summed E-state index contributed by atoms with van der Waals surface area (Å²) in [5.74, 6) is -1.89. The number of rotatable bonds is 5. The zero-order valence-corrected chi connectivity index (χ0v) is 11.4. The standard InChI is InChI=1S/C14H17NO5/c1-3-12(13(17)18)15(10(2)16)14(19)20-9-11-7-5-4-6-8-11/h4-8,12H,3,9H2,1-2H3,(H,17,18)/t12-/m0/s1. The number of carboxylic acid groups (broad SMARTS) is 1. The maximum atomic E-state index is 11.9. The molecule has 1 aromatic rings. The minimum absolute atomic E-state index is 0.0144. The third-order valence-electron chi connectivity index (χ3n) is 2.72. The van der Waals surface area contributed by atoms with Crippen LogP contribution in [0.15, 0.2) is 30.3 Å². The molecule has 1 aromatic carbocycles. The highest BCUT2D eigenvalue weighted by Crippen LogP contribution is 2.10. The van der Waals surface area contributed by atoms with Gasteiger partial charge in [0, 0.05) is 6.92 Å². The SMILES string of the molecule is CC[C@@H](C(=O)O)N(C(C)=O)C(=O)OCc1ccccc1.